The van der Waals surface area contributed by atoms with Crippen LogP contribution in [-0.2, 0) is 14.9 Å². The molecule has 12 heteroatoms. The topological polar surface area (TPSA) is 69.2 Å². The molecular weight excluding hydrogens is 728 g/mol. The molecule has 9 nitrogen and oxygen atoms in total. The normalized spacial score (nSPS) is 23.1. The predicted octanol–water partition coefficient (Wildman–Crippen LogP) is 8.71. The minimum Gasteiger partial charge on any atom is -0.378 e. The maximum absolute atomic E-state index is 15.2. The Balaban J connectivity index is 0.000000185. The van der Waals surface area contributed by atoms with Gasteiger partial charge in [-0.2, -0.15) is 0 Å². The molecule has 1 N–H and O–H groups in total. The molecule has 2 unspecified atom stereocenters. The van der Waals surface area contributed by atoms with E-state index < -0.39 is 12.3 Å². The van der Waals surface area contributed by atoms with E-state index >= 15 is 4.39 Å². The largest absolute Gasteiger partial charge is 0.378 e. The summed E-state index contributed by atoms with van der Waals surface area (Å²) in [5.74, 6) is 0.736. The highest BCUT2D eigenvalue weighted by atomic mass is 19.1. The Morgan fingerprint density at radius 3 is 1.89 bits per heavy atom. The van der Waals surface area contributed by atoms with Crippen molar-refractivity contribution in [2.24, 2.45) is 5.92 Å². The number of nitrogens with one attached hydrogen (secondary N) is 1. The molecule has 4 saturated heterocycles. The number of aromatic nitrogens is 2. The van der Waals surface area contributed by atoms with E-state index in [0.717, 1.165) is 76.7 Å². The van der Waals surface area contributed by atoms with Gasteiger partial charge in [0.1, 0.15) is 17.5 Å². The van der Waals surface area contributed by atoms with Crippen molar-refractivity contribution in [1.29, 1.82) is 0 Å². The molecule has 2 aromatic heterocycles. The molecule has 1 saturated carbocycles. The van der Waals surface area contributed by atoms with Gasteiger partial charge in [-0.25, -0.2) is 18.2 Å². The summed E-state index contributed by atoms with van der Waals surface area (Å²) in [5, 5.41) is 3.25. The number of anilines is 5. The SMILES string of the molecule is CC.Fc1cccc(N2CCCC(C3(c4cc(N5CCOCC5)ccn4)CC3)C2)c1.Fc1cccc(N2CCC[C@@H](Nc3cc(N4CCOCC4)ccn3)C2F)c1.[HH]. The molecule has 5 fully saturated rings. The molecule has 5 aliphatic rings. The van der Waals surface area contributed by atoms with Crippen LogP contribution >= 0.6 is 0 Å². The van der Waals surface area contributed by atoms with Crippen LogP contribution < -0.4 is 24.9 Å². The molecule has 0 bridgehead atoms. The third kappa shape index (κ3) is 9.95. The van der Waals surface area contributed by atoms with E-state index in [1.165, 1.54) is 48.8 Å². The number of rotatable bonds is 8. The first kappa shape index (κ1) is 40.6. The molecule has 4 aliphatic heterocycles. The van der Waals surface area contributed by atoms with Crippen LogP contribution in [0.15, 0.2) is 85.2 Å². The number of hydrogen-bond acceptors (Lipinski definition) is 9. The molecule has 0 spiro atoms. The van der Waals surface area contributed by atoms with Crippen molar-refractivity contribution >= 4 is 28.6 Å². The van der Waals surface area contributed by atoms with Crippen LogP contribution in [0.4, 0.5) is 41.7 Å². The monoisotopic (exact) mass is 787 g/mol. The van der Waals surface area contributed by atoms with Crippen molar-refractivity contribution in [3.63, 3.8) is 0 Å². The number of alkyl halides is 1. The number of benzene rings is 2. The second-order valence-corrected chi connectivity index (χ2v) is 15.4. The number of pyridine rings is 2. The lowest BCUT2D eigenvalue weighted by Gasteiger charge is -2.39. The fraction of sp³-hybridized carbons (Fsp3) is 0.511. The van der Waals surface area contributed by atoms with Crippen LogP contribution in [0.3, 0.4) is 0 Å². The maximum atomic E-state index is 15.2. The first-order chi connectivity index (χ1) is 27.9. The molecular formula is C45H60F3N7O2. The second-order valence-electron chi connectivity index (χ2n) is 15.4. The van der Waals surface area contributed by atoms with E-state index in [1.54, 1.807) is 29.3 Å². The van der Waals surface area contributed by atoms with E-state index in [2.05, 4.69) is 37.1 Å². The van der Waals surface area contributed by atoms with Gasteiger partial charge in [0.2, 0.25) is 0 Å². The van der Waals surface area contributed by atoms with Gasteiger partial charge in [0.05, 0.1) is 32.5 Å². The van der Waals surface area contributed by atoms with Gasteiger partial charge < -0.3 is 34.4 Å². The zero-order valence-corrected chi connectivity index (χ0v) is 33.5. The number of piperidine rings is 2. The van der Waals surface area contributed by atoms with Crippen LogP contribution in [0.2, 0.25) is 0 Å². The van der Waals surface area contributed by atoms with Gasteiger partial charge in [-0.1, -0.05) is 26.0 Å². The zero-order valence-electron chi connectivity index (χ0n) is 33.5. The van der Waals surface area contributed by atoms with E-state index in [9.17, 15) is 8.78 Å². The average Bonchev–Trinajstić information content (AvgIpc) is 4.09. The summed E-state index contributed by atoms with van der Waals surface area (Å²) in [5.41, 5.74) is 5.37. The number of halogens is 3. The Morgan fingerprint density at radius 1 is 0.667 bits per heavy atom. The third-order valence-corrected chi connectivity index (χ3v) is 11.9. The highest BCUT2D eigenvalue weighted by Gasteiger charge is 2.52. The van der Waals surface area contributed by atoms with Crippen LogP contribution in [0.25, 0.3) is 0 Å². The summed E-state index contributed by atoms with van der Waals surface area (Å²) in [6.07, 6.45) is 8.84. The molecule has 1 aliphatic carbocycles. The standard InChI is InChI=1S/C23H28FN3O.C20H24F2N4O.C2H6.H2/c24-19-4-1-5-20(15-19)27-10-2-3-18(17-27)23(7-8-23)22-16-21(6-9-25-22)26-11-13-28-14-12-26;21-15-3-1-4-17(13-15)26-8-2-5-18(20(26)22)24-19-14-16(6-7-23-19)25-9-11-27-12-10-25;1-2;/h1,4-6,9,15-16,18H,2-3,7-8,10-14,17H2;1,3-4,6-7,13-14,18,20H,2,5,8-12H2,(H,23,24);1-2H3;1H/t;18-,20?;;/m.1../s1. The fourth-order valence-corrected chi connectivity index (χ4v) is 8.79. The fourth-order valence-electron chi connectivity index (χ4n) is 8.79. The molecule has 4 aromatic rings. The van der Waals surface area contributed by atoms with Crippen molar-refractivity contribution in [1.82, 2.24) is 9.97 Å². The number of ether oxygens (including phenoxy) is 2. The lowest BCUT2D eigenvalue weighted by Crippen LogP contribution is -2.49. The van der Waals surface area contributed by atoms with Crippen molar-refractivity contribution in [2.45, 2.75) is 70.1 Å². The summed E-state index contributed by atoms with van der Waals surface area (Å²) < 4.78 is 53.3. The Kier molecular flexibility index (Phi) is 13.7. The van der Waals surface area contributed by atoms with Crippen LogP contribution in [-0.4, -0.2) is 94.5 Å². The Hall–Kier alpha value is -4.55. The molecule has 6 heterocycles. The van der Waals surface area contributed by atoms with Crippen molar-refractivity contribution in [3.8, 4) is 0 Å². The Morgan fingerprint density at radius 2 is 1.25 bits per heavy atom. The summed E-state index contributed by atoms with van der Waals surface area (Å²) in [6, 6.07) is 21.1. The average molecular weight is 788 g/mol. The van der Waals surface area contributed by atoms with E-state index in [1.807, 2.05) is 44.3 Å². The molecule has 9 rings (SSSR count). The minimum absolute atomic E-state index is 0. The van der Waals surface area contributed by atoms with Gasteiger partial charge in [0, 0.05) is 99.6 Å². The van der Waals surface area contributed by atoms with Gasteiger partial charge in [-0.3, -0.25) is 4.98 Å². The van der Waals surface area contributed by atoms with Gasteiger partial charge in [-0.15, -0.1) is 0 Å². The minimum atomic E-state index is -1.24. The zero-order chi connectivity index (χ0) is 39.6. The molecule has 2 aromatic carbocycles. The summed E-state index contributed by atoms with van der Waals surface area (Å²) in [7, 11) is 0. The van der Waals surface area contributed by atoms with Gasteiger partial charge in [0.25, 0.3) is 0 Å². The number of hydrogen-bond donors (Lipinski definition) is 1. The Bertz CT molecular complexity index is 1880. The highest BCUT2D eigenvalue weighted by molar-refractivity contribution is 5.56. The molecule has 57 heavy (non-hydrogen) atoms. The number of nitrogens with zero attached hydrogens (tertiary/aromatic N) is 6. The summed E-state index contributed by atoms with van der Waals surface area (Å²) in [6.45, 7) is 13.2. The lowest BCUT2D eigenvalue weighted by atomic mass is 9.80. The smallest absolute Gasteiger partial charge is 0.192 e. The van der Waals surface area contributed by atoms with E-state index in [4.69, 9.17) is 14.5 Å². The van der Waals surface area contributed by atoms with Crippen LogP contribution in [0, 0.1) is 17.6 Å². The van der Waals surface area contributed by atoms with Gasteiger partial charge in [-0.05, 0) is 99.0 Å². The van der Waals surface area contributed by atoms with Gasteiger partial charge >= 0.3 is 0 Å². The Labute approximate surface area is 337 Å². The third-order valence-electron chi connectivity index (χ3n) is 11.9. The van der Waals surface area contributed by atoms with E-state index in [0.29, 0.717) is 43.6 Å². The first-order valence-electron chi connectivity index (χ1n) is 21.0. The lowest BCUT2D eigenvalue weighted by molar-refractivity contribution is 0.122. The second kappa shape index (κ2) is 19.3. The summed E-state index contributed by atoms with van der Waals surface area (Å²) >= 11 is 0. The van der Waals surface area contributed by atoms with Crippen LogP contribution in [0.1, 0.15) is 59.5 Å². The molecule has 308 valence electrons. The molecule has 3 atom stereocenters. The maximum Gasteiger partial charge on any atom is 0.192 e. The predicted molar refractivity (Wildman–Crippen MR) is 226 cm³/mol. The number of morpholine rings is 2. The first-order valence-corrected chi connectivity index (χ1v) is 21.0. The van der Waals surface area contributed by atoms with E-state index in [-0.39, 0.29) is 18.5 Å². The molecule has 0 radical (unpaired) electrons. The highest BCUT2D eigenvalue weighted by Crippen LogP contribution is 2.56. The molecule has 0 amide bonds. The van der Waals surface area contributed by atoms with Gasteiger partial charge in [0.15, 0.2) is 6.30 Å². The van der Waals surface area contributed by atoms with Crippen molar-refractivity contribution in [2.75, 3.05) is 97.2 Å². The van der Waals surface area contributed by atoms with Crippen molar-refractivity contribution < 1.29 is 24.1 Å². The quantitative estimate of drug-likeness (QED) is 0.177. The summed E-state index contributed by atoms with van der Waals surface area (Å²) in [4.78, 5) is 17.8. The van der Waals surface area contributed by atoms with Crippen molar-refractivity contribution in [3.05, 3.63) is 103 Å². The van der Waals surface area contributed by atoms with Crippen LogP contribution in [0.5, 0.6) is 0 Å².